The lowest BCUT2D eigenvalue weighted by Crippen LogP contribution is -2.24. The molecule has 0 aromatic carbocycles. The second-order valence-corrected chi connectivity index (χ2v) is 11.6. The van der Waals surface area contributed by atoms with Crippen molar-refractivity contribution in [1.29, 1.82) is 0 Å². The lowest BCUT2D eigenvalue weighted by molar-refractivity contribution is 0.0352. The summed E-state index contributed by atoms with van der Waals surface area (Å²) in [5.41, 5.74) is -0.548. The van der Waals surface area contributed by atoms with Crippen LogP contribution in [0.5, 0.6) is 0 Å². The highest BCUT2D eigenvalue weighted by Crippen LogP contribution is 2.37. The van der Waals surface area contributed by atoms with Gasteiger partial charge in [0.2, 0.25) is 0 Å². The van der Waals surface area contributed by atoms with Crippen molar-refractivity contribution in [1.82, 2.24) is 0 Å². The molecule has 4 nitrogen and oxygen atoms in total. The molecule has 1 saturated heterocycles. The number of hydrogen-bond donors (Lipinski definition) is 3. The molecular weight excluding hydrogens is 400 g/mol. The SMILES string of the molecule is CCC(O)C(C)C1OC1CC(C)CCCC(C)CC(C)CCCC(C)(O)CCCCCO. The molecule has 0 radical (unpaired) electrons. The second-order valence-electron chi connectivity index (χ2n) is 11.6. The van der Waals surface area contributed by atoms with Crippen LogP contribution in [0.1, 0.15) is 125 Å². The predicted molar refractivity (Wildman–Crippen MR) is 135 cm³/mol. The highest BCUT2D eigenvalue weighted by Gasteiger charge is 2.45. The van der Waals surface area contributed by atoms with E-state index in [1.807, 2.05) is 13.8 Å². The lowest BCUT2D eigenvalue weighted by atomic mass is 9.86. The molecule has 1 rings (SSSR count). The van der Waals surface area contributed by atoms with Crippen LogP contribution in [-0.2, 0) is 4.74 Å². The van der Waals surface area contributed by atoms with E-state index in [9.17, 15) is 10.2 Å². The van der Waals surface area contributed by atoms with Crippen LogP contribution in [0.2, 0.25) is 0 Å². The van der Waals surface area contributed by atoms with Crippen molar-refractivity contribution in [3.05, 3.63) is 0 Å². The van der Waals surface area contributed by atoms with E-state index >= 15 is 0 Å². The Morgan fingerprint density at radius 1 is 0.844 bits per heavy atom. The average molecular weight is 457 g/mol. The first-order valence-corrected chi connectivity index (χ1v) is 13.8. The molecule has 8 atom stereocenters. The van der Waals surface area contributed by atoms with E-state index in [0.717, 1.165) is 63.2 Å². The predicted octanol–water partition coefficient (Wildman–Crippen LogP) is 6.49. The van der Waals surface area contributed by atoms with Crippen molar-refractivity contribution in [3.8, 4) is 0 Å². The zero-order valence-electron chi connectivity index (χ0n) is 22.2. The summed E-state index contributed by atoms with van der Waals surface area (Å²) < 4.78 is 5.86. The van der Waals surface area contributed by atoms with Crippen LogP contribution in [0, 0.1) is 23.7 Å². The molecule has 3 N–H and O–H groups in total. The normalized spacial score (nSPS) is 25.0. The van der Waals surface area contributed by atoms with Crippen LogP contribution < -0.4 is 0 Å². The standard InChI is InChI=1S/C28H56O4/c1-7-25(30)24(5)27-26(32-27)20-23(4)14-11-13-21(2)19-22(3)15-12-17-28(6,31)16-9-8-10-18-29/h21-27,29-31H,7-20H2,1-6H3. The van der Waals surface area contributed by atoms with Crippen LogP contribution >= 0.6 is 0 Å². The molecular formula is C28H56O4. The summed E-state index contributed by atoms with van der Waals surface area (Å²) >= 11 is 0. The van der Waals surface area contributed by atoms with Gasteiger partial charge in [-0.15, -0.1) is 0 Å². The van der Waals surface area contributed by atoms with Crippen molar-refractivity contribution in [2.24, 2.45) is 23.7 Å². The first-order valence-electron chi connectivity index (χ1n) is 13.8. The summed E-state index contributed by atoms with van der Waals surface area (Å²) in [5.74, 6) is 2.44. The van der Waals surface area contributed by atoms with Gasteiger partial charge in [0.25, 0.3) is 0 Å². The Labute approximate surface area is 199 Å². The Bertz CT molecular complexity index is 466. The molecule has 0 bridgehead atoms. The fraction of sp³-hybridized carbons (Fsp3) is 1.00. The Morgan fingerprint density at radius 2 is 1.44 bits per heavy atom. The van der Waals surface area contributed by atoms with Gasteiger partial charge in [-0.1, -0.05) is 79.6 Å². The van der Waals surface area contributed by atoms with Crippen molar-refractivity contribution < 1.29 is 20.1 Å². The third-order valence-electron chi connectivity index (χ3n) is 7.78. The largest absolute Gasteiger partial charge is 0.396 e. The smallest absolute Gasteiger partial charge is 0.0892 e. The number of hydrogen-bond acceptors (Lipinski definition) is 4. The van der Waals surface area contributed by atoms with Crippen LogP contribution in [0.15, 0.2) is 0 Å². The van der Waals surface area contributed by atoms with Crippen molar-refractivity contribution in [2.75, 3.05) is 6.61 Å². The van der Waals surface area contributed by atoms with Crippen LogP contribution in [0.25, 0.3) is 0 Å². The van der Waals surface area contributed by atoms with E-state index in [0.29, 0.717) is 12.0 Å². The average Bonchev–Trinajstić information content (AvgIpc) is 3.48. The van der Waals surface area contributed by atoms with E-state index in [4.69, 9.17) is 9.84 Å². The quantitative estimate of drug-likeness (QED) is 0.144. The Morgan fingerprint density at radius 3 is 2.06 bits per heavy atom. The molecule has 1 aliphatic heterocycles. The fourth-order valence-electron chi connectivity index (χ4n) is 5.40. The minimum absolute atomic E-state index is 0.230. The molecule has 0 saturated carbocycles. The molecule has 0 aromatic heterocycles. The molecule has 4 heteroatoms. The number of epoxide rings is 1. The molecule has 0 spiro atoms. The summed E-state index contributed by atoms with van der Waals surface area (Å²) in [5, 5.41) is 29.4. The lowest BCUT2D eigenvalue weighted by Gasteiger charge is -2.24. The van der Waals surface area contributed by atoms with Crippen molar-refractivity contribution >= 4 is 0 Å². The topological polar surface area (TPSA) is 73.2 Å². The second kappa shape index (κ2) is 15.7. The highest BCUT2D eigenvalue weighted by molar-refractivity contribution is 4.92. The minimum Gasteiger partial charge on any atom is -0.396 e. The summed E-state index contributed by atoms with van der Waals surface area (Å²) in [6.07, 6.45) is 14.4. The van der Waals surface area contributed by atoms with E-state index < -0.39 is 5.60 Å². The number of ether oxygens (including phenoxy) is 1. The number of rotatable bonds is 20. The number of aliphatic hydroxyl groups is 3. The van der Waals surface area contributed by atoms with Gasteiger partial charge >= 0.3 is 0 Å². The maximum Gasteiger partial charge on any atom is 0.0892 e. The highest BCUT2D eigenvalue weighted by atomic mass is 16.6. The Balaban J connectivity index is 2.09. The molecule has 0 aromatic rings. The van der Waals surface area contributed by atoms with Crippen LogP contribution in [0.3, 0.4) is 0 Å². The molecule has 0 aliphatic carbocycles. The number of aliphatic hydroxyl groups excluding tert-OH is 2. The molecule has 8 unspecified atom stereocenters. The van der Waals surface area contributed by atoms with Gasteiger partial charge in [-0.25, -0.2) is 0 Å². The van der Waals surface area contributed by atoms with Crippen LogP contribution in [-0.4, -0.2) is 45.8 Å². The summed E-state index contributed by atoms with van der Waals surface area (Å²) in [6, 6.07) is 0. The van der Waals surface area contributed by atoms with Crippen molar-refractivity contribution in [2.45, 2.75) is 149 Å². The van der Waals surface area contributed by atoms with Gasteiger partial charge in [0, 0.05) is 12.5 Å². The summed E-state index contributed by atoms with van der Waals surface area (Å²) in [7, 11) is 0. The van der Waals surface area contributed by atoms with Gasteiger partial charge in [-0.05, 0) is 63.2 Å². The third-order valence-corrected chi connectivity index (χ3v) is 7.78. The molecule has 192 valence electrons. The molecule has 0 amide bonds. The van der Waals surface area contributed by atoms with Gasteiger partial charge in [-0.2, -0.15) is 0 Å². The molecule has 1 fully saturated rings. The van der Waals surface area contributed by atoms with E-state index in [-0.39, 0.29) is 24.7 Å². The van der Waals surface area contributed by atoms with Gasteiger partial charge in [0.15, 0.2) is 0 Å². The monoisotopic (exact) mass is 456 g/mol. The van der Waals surface area contributed by atoms with Crippen LogP contribution in [0.4, 0.5) is 0 Å². The zero-order chi connectivity index (χ0) is 24.1. The van der Waals surface area contributed by atoms with Gasteiger partial charge in [0.05, 0.1) is 23.9 Å². The first kappa shape index (κ1) is 29.9. The molecule has 32 heavy (non-hydrogen) atoms. The molecule has 1 heterocycles. The van der Waals surface area contributed by atoms with Gasteiger partial charge in [0.1, 0.15) is 0 Å². The van der Waals surface area contributed by atoms with E-state index in [1.54, 1.807) is 0 Å². The molecule has 1 aliphatic rings. The first-order chi connectivity index (χ1) is 15.1. The van der Waals surface area contributed by atoms with Gasteiger partial charge in [-0.3, -0.25) is 0 Å². The summed E-state index contributed by atoms with van der Waals surface area (Å²) in [6.45, 7) is 13.5. The van der Waals surface area contributed by atoms with Gasteiger partial charge < -0.3 is 20.1 Å². The maximum absolute atomic E-state index is 10.5. The Kier molecular flexibility index (Phi) is 14.6. The van der Waals surface area contributed by atoms with E-state index in [1.165, 1.54) is 32.1 Å². The Hall–Kier alpha value is -0.160. The maximum atomic E-state index is 10.5. The zero-order valence-corrected chi connectivity index (χ0v) is 22.2. The third kappa shape index (κ3) is 12.9. The van der Waals surface area contributed by atoms with E-state index in [2.05, 4.69) is 27.7 Å². The number of unbranched alkanes of at least 4 members (excludes halogenated alkanes) is 2. The summed E-state index contributed by atoms with van der Waals surface area (Å²) in [4.78, 5) is 0. The fourth-order valence-corrected chi connectivity index (χ4v) is 5.40. The van der Waals surface area contributed by atoms with Crippen molar-refractivity contribution in [3.63, 3.8) is 0 Å². The minimum atomic E-state index is -0.548.